The van der Waals surface area contributed by atoms with E-state index in [9.17, 15) is 4.79 Å². The summed E-state index contributed by atoms with van der Waals surface area (Å²) in [4.78, 5) is 21.0. The van der Waals surface area contributed by atoms with Gasteiger partial charge in [-0.2, -0.15) is 4.99 Å². The summed E-state index contributed by atoms with van der Waals surface area (Å²) in [7, 11) is 1.50. The van der Waals surface area contributed by atoms with Crippen molar-refractivity contribution in [3.05, 3.63) is 18.2 Å². The van der Waals surface area contributed by atoms with Crippen LogP contribution in [0.3, 0.4) is 0 Å². The van der Waals surface area contributed by atoms with Crippen LogP contribution in [0.15, 0.2) is 27.7 Å². The zero-order valence-electron chi connectivity index (χ0n) is 16.6. The fourth-order valence-corrected chi connectivity index (χ4v) is 1.94. The highest BCUT2D eigenvalue weighted by Gasteiger charge is 2.24. The van der Waals surface area contributed by atoms with Gasteiger partial charge < -0.3 is 18.7 Å². The van der Waals surface area contributed by atoms with Gasteiger partial charge in [0.1, 0.15) is 11.2 Å². The van der Waals surface area contributed by atoms with Gasteiger partial charge in [0.15, 0.2) is 5.58 Å². The van der Waals surface area contributed by atoms with Gasteiger partial charge in [-0.3, -0.25) is 10.3 Å². The molecule has 0 aliphatic rings. The average Bonchev–Trinajstić information content (AvgIpc) is 2.86. The molecule has 9 heteroatoms. The second-order valence-electron chi connectivity index (χ2n) is 7.68. The molecule has 148 valence electrons. The van der Waals surface area contributed by atoms with Crippen LogP contribution in [0.5, 0.6) is 0 Å². The van der Waals surface area contributed by atoms with Gasteiger partial charge in [0.25, 0.3) is 0 Å². The summed E-state index contributed by atoms with van der Waals surface area (Å²) in [5.74, 6) is 0.205. The Bertz CT molecular complexity index is 830. The third kappa shape index (κ3) is 6.45. The molecule has 0 aliphatic carbocycles. The van der Waals surface area contributed by atoms with Crippen molar-refractivity contribution >= 4 is 34.7 Å². The maximum Gasteiger partial charge on any atom is 0.517 e. The lowest BCUT2D eigenvalue weighted by Gasteiger charge is -2.22. The second-order valence-corrected chi connectivity index (χ2v) is 7.68. The minimum Gasteiger partial charge on any atom is -0.444 e. The molecule has 1 N–H and O–H groups in total. The number of anilines is 1. The van der Waals surface area contributed by atoms with Crippen LogP contribution in [0.2, 0.25) is 0 Å². The van der Waals surface area contributed by atoms with E-state index in [2.05, 4.69) is 15.6 Å². The first-order valence-corrected chi connectivity index (χ1v) is 8.34. The second kappa shape index (κ2) is 7.83. The monoisotopic (exact) mass is 379 g/mol. The molecule has 1 aromatic carbocycles. The number of ether oxygens (including phenoxy) is 3. The normalized spacial score (nSPS) is 12.8. The molecular formula is C18H25N3O6. The lowest BCUT2D eigenvalue weighted by Crippen LogP contribution is -2.30. The maximum atomic E-state index is 12.0. The molecule has 0 spiro atoms. The Morgan fingerprint density at radius 3 is 2.37 bits per heavy atom. The molecule has 0 fully saturated rings. The molecule has 0 radical (unpaired) electrons. The number of aliphatic imine (C=N–C) groups is 1. The van der Waals surface area contributed by atoms with Crippen LogP contribution in [0.1, 0.15) is 41.5 Å². The predicted molar refractivity (Wildman–Crippen MR) is 99.9 cm³/mol. The molecule has 1 aromatic heterocycles. The standard InChI is InChI=1S/C18H25N3O6/c1-17(2,3)25-15(24-16(22)26-18(4,5)6)19-14-12-9-8-11(20-23-7)10-13(12)27-21-14/h8-10,20H,1-7H3/b19-15-. The van der Waals surface area contributed by atoms with Crippen molar-refractivity contribution in [2.24, 2.45) is 4.99 Å². The third-order valence-electron chi connectivity index (χ3n) is 2.82. The highest BCUT2D eigenvalue weighted by molar-refractivity contribution is 5.92. The van der Waals surface area contributed by atoms with Gasteiger partial charge in [0.05, 0.1) is 18.2 Å². The summed E-state index contributed by atoms with van der Waals surface area (Å²) in [6.45, 7) is 10.6. The first-order valence-electron chi connectivity index (χ1n) is 8.34. The van der Waals surface area contributed by atoms with Gasteiger partial charge in [-0.15, -0.1) is 0 Å². The molecule has 2 rings (SSSR count). The van der Waals surface area contributed by atoms with Crippen molar-refractivity contribution in [2.45, 2.75) is 52.7 Å². The van der Waals surface area contributed by atoms with Crippen molar-refractivity contribution in [1.29, 1.82) is 0 Å². The number of rotatable bonds is 3. The van der Waals surface area contributed by atoms with Crippen molar-refractivity contribution in [3.63, 3.8) is 0 Å². The largest absolute Gasteiger partial charge is 0.517 e. The maximum absolute atomic E-state index is 12.0. The first-order chi connectivity index (χ1) is 12.5. The van der Waals surface area contributed by atoms with E-state index in [1.807, 2.05) is 0 Å². The lowest BCUT2D eigenvalue weighted by molar-refractivity contribution is -0.000882. The zero-order valence-corrected chi connectivity index (χ0v) is 16.6. The van der Waals surface area contributed by atoms with E-state index in [4.69, 9.17) is 23.6 Å². The quantitative estimate of drug-likeness (QED) is 0.358. The Balaban J connectivity index is 2.32. The summed E-state index contributed by atoms with van der Waals surface area (Å²) in [6, 6.07) is 5.21. The summed E-state index contributed by atoms with van der Waals surface area (Å²) < 4.78 is 21.2. The molecule has 0 saturated heterocycles. The van der Waals surface area contributed by atoms with Crippen LogP contribution in [-0.4, -0.2) is 35.7 Å². The summed E-state index contributed by atoms with van der Waals surface area (Å²) in [5.41, 5.74) is 2.49. The number of carbonyl (C=O) groups excluding carboxylic acids is 1. The number of hydrogen-bond acceptors (Lipinski definition) is 9. The first kappa shape index (κ1) is 20.5. The highest BCUT2D eigenvalue weighted by Crippen LogP contribution is 2.28. The highest BCUT2D eigenvalue weighted by atomic mass is 16.8. The van der Waals surface area contributed by atoms with Crippen molar-refractivity contribution in [3.8, 4) is 0 Å². The van der Waals surface area contributed by atoms with E-state index in [0.717, 1.165) is 0 Å². The van der Waals surface area contributed by atoms with Crippen molar-refractivity contribution < 1.29 is 28.4 Å². The van der Waals surface area contributed by atoms with E-state index >= 15 is 0 Å². The fraction of sp³-hybridized carbons (Fsp3) is 0.500. The number of hydrogen-bond donors (Lipinski definition) is 1. The lowest BCUT2D eigenvalue weighted by atomic mass is 10.2. The number of benzene rings is 1. The van der Waals surface area contributed by atoms with E-state index < -0.39 is 17.4 Å². The smallest absolute Gasteiger partial charge is 0.444 e. The molecule has 9 nitrogen and oxygen atoms in total. The molecular weight excluding hydrogens is 354 g/mol. The van der Waals surface area contributed by atoms with E-state index in [1.54, 1.807) is 59.7 Å². The van der Waals surface area contributed by atoms with Crippen LogP contribution in [0.25, 0.3) is 11.0 Å². The SMILES string of the molecule is CONc1ccc2c(/N=C(/OC(=O)OC(C)(C)C)OC(C)(C)C)noc2c1. The summed E-state index contributed by atoms with van der Waals surface area (Å²) >= 11 is 0. The van der Waals surface area contributed by atoms with Crippen LogP contribution < -0.4 is 5.48 Å². The van der Waals surface area contributed by atoms with E-state index in [-0.39, 0.29) is 11.9 Å². The van der Waals surface area contributed by atoms with Gasteiger partial charge in [-0.25, -0.2) is 4.79 Å². The molecule has 0 unspecified atom stereocenters. The third-order valence-corrected chi connectivity index (χ3v) is 2.82. The van der Waals surface area contributed by atoms with E-state index in [1.165, 1.54) is 7.11 Å². The molecule has 0 bridgehead atoms. The number of carbonyl (C=O) groups is 1. The Morgan fingerprint density at radius 1 is 1.11 bits per heavy atom. The zero-order chi connectivity index (χ0) is 20.2. The van der Waals surface area contributed by atoms with E-state index in [0.29, 0.717) is 16.7 Å². The van der Waals surface area contributed by atoms with Gasteiger partial charge in [0.2, 0.25) is 5.82 Å². The Hall–Kier alpha value is -2.81. The number of nitrogens with zero attached hydrogens (tertiary/aromatic N) is 2. The van der Waals surface area contributed by atoms with Crippen molar-refractivity contribution in [2.75, 3.05) is 12.6 Å². The number of fused-ring (bicyclic) bond motifs is 1. The van der Waals surface area contributed by atoms with Gasteiger partial charge >= 0.3 is 12.2 Å². The van der Waals surface area contributed by atoms with Gasteiger partial charge in [-0.05, 0) is 53.7 Å². The Labute approximate surface area is 157 Å². The van der Waals surface area contributed by atoms with Gasteiger partial charge in [0, 0.05) is 6.07 Å². The molecule has 0 saturated carbocycles. The van der Waals surface area contributed by atoms with Crippen LogP contribution in [-0.2, 0) is 19.0 Å². The van der Waals surface area contributed by atoms with Crippen LogP contribution >= 0.6 is 0 Å². The fourth-order valence-electron chi connectivity index (χ4n) is 1.94. The Kier molecular flexibility index (Phi) is 5.94. The minimum atomic E-state index is -0.926. The number of aromatic nitrogens is 1. The van der Waals surface area contributed by atoms with Crippen molar-refractivity contribution in [1.82, 2.24) is 5.16 Å². The molecule has 0 aliphatic heterocycles. The number of nitrogens with one attached hydrogen (secondary N) is 1. The molecule has 0 atom stereocenters. The topological polar surface area (TPSA) is 104 Å². The predicted octanol–water partition coefficient (Wildman–Crippen LogP) is 4.56. The van der Waals surface area contributed by atoms with Crippen LogP contribution in [0, 0.1) is 0 Å². The molecule has 1 heterocycles. The summed E-state index contributed by atoms with van der Waals surface area (Å²) in [5, 5.41) is 4.52. The van der Waals surface area contributed by atoms with Crippen LogP contribution in [0.4, 0.5) is 16.3 Å². The summed E-state index contributed by atoms with van der Waals surface area (Å²) in [6.07, 6.45) is -1.21. The molecule has 2 aromatic rings. The average molecular weight is 379 g/mol. The van der Waals surface area contributed by atoms with Gasteiger partial charge in [-0.1, -0.05) is 5.16 Å². The Morgan fingerprint density at radius 2 is 1.78 bits per heavy atom. The molecule has 27 heavy (non-hydrogen) atoms. The minimum absolute atomic E-state index is 0.205. The molecule has 0 amide bonds.